The average Bonchev–Trinajstić information content (AvgIpc) is 2.46. The molecule has 0 amide bonds. The van der Waals surface area contributed by atoms with Crippen LogP contribution in [0.25, 0.3) is 0 Å². The van der Waals surface area contributed by atoms with Crippen molar-refractivity contribution in [2.24, 2.45) is 5.73 Å². The van der Waals surface area contributed by atoms with Crippen LogP contribution < -0.4 is 10.6 Å². The van der Waals surface area contributed by atoms with Gasteiger partial charge in [-0.2, -0.15) is 0 Å². The molecule has 0 aliphatic carbocycles. The Labute approximate surface area is 132 Å². The molecule has 0 aliphatic rings. The summed E-state index contributed by atoms with van der Waals surface area (Å²) < 4.78 is 0.900. The Bertz CT molecular complexity index is 589. The van der Waals surface area contributed by atoms with Crippen molar-refractivity contribution in [3.05, 3.63) is 57.2 Å². The summed E-state index contributed by atoms with van der Waals surface area (Å²) in [4.78, 5) is 6.61. The van der Waals surface area contributed by atoms with E-state index in [1.54, 1.807) is 6.20 Å². The van der Waals surface area contributed by atoms with E-state index in [1.165, 1.54) is 5.56 Å². The van der Waals surface area contributed by atoms with Crippen LogP contribution in [0.2, 0.25) is 5.02 Å². The topological polar surface area (TPSA) is 42.1 Å². The van der Waals surface area contributed by atoms with E-state index >= 15 is 0 Å². The van der Waals surface area contributed by atoms with Gasteiger partial charge in [0, 0.05) is 25.8 Å². The molecule has 1 heterocycles. The second kappa shape index (κ2) is 7.07. The molecule has 5 heteroatoms. The van der Waals surface area contributed by atoms with Gasteiger partial charge in [0.25, 0.3) is 0 Å². The van der Waals surface area contributed by atoms with E-state index in [9.17, 15) is 0 Å². The zero-order valence-corrected chi connectivity index (χ0v) is 13.7. The van der Waals surface area contributed by atoms with Gasteiger partial charge in [0.05, 0.1) is 9.50 Å². The SMILES string of the molecule is CCN(Cc1ccccc1CN)c1ncc(Cl)cc1Br. The van der Waals surface area contributed by atoms with Crippen LogP contribution in [0.5, 0.6) is 0 Å². The lowest BCUT2D eigenvalue weighted by molar-refractivity contribution is 0.800. The van der Waals surface area contributed by atoms with Gasteiger partial charge in [-0.05, 0) is 40.0 Å². The van der Waals surface area contributed by atoms with Gasteiger partial charge < -0.3 is 10.6 Å². The largest absolute Gasteiger partial charge is 0.352 e. The lowest BCUT2D eigenvalue weighted by Gasteiger charge is -2.24. The van der Waals surface area contributed by atoms with E-state index in [-0.39, 0.29) is 0 Å². The lowest BCUT2D eigenvalue weighted by Crippen LogP contribution is -2.24. The molecule has 1 aromatic carbocycles. The molecule has 0 saturated heterocycles. The van der Waals surface area contributed by atoms with Gasteiger partial charge in [-0.3, -0.25) is 0 Å². The van der Waals surface area contributed by atoms with Crippen molar-refractivity contribution >= 4 is 33.3 Å². The maximum atomic E-state index is 5.95. The number of hydrogen-bond donors (Lipinski definition) is 1. The number of anilines is 1. The summed E-state index contributed by atoms with van der Waals surface area (Å²) in [6, 6.07) is 10.1. The molecule has 2 N–H and O–H groups in total. The zero-order valence-electron chi connectivity index (χ0n) is 11.3. The van der Waals surface area contributed by atoms with E-state index in [1.807, 2.05) is 18.2 Å². The van der Waals surface area contributed by atoms with Gasteiger partial charge in [-0.25, -0.2) is 4.98 Å². The van der Waals surface area contributed by atoms with E-state index < -0.39 is 0 Å². The summed E-state index contributed by atoms with van der Waals surface area (Å²) >= 11 is 9.47. The van der Waals surface area contributed by atoms with Gasteiger partial charge in [0.15, 0.2) is 0 Å². The fourth-order valence-corrected chi connectivity index (χ4v) is 2.98. The van der Waals surface area contributed by atoms with Crippen molar-refractivity contribution in [2.75, 3.05) is 11.4 Å². The van der Waals surface area contributed by atoms with Crippen LogP contribution in [-0.2, 0) is 13.1 Å². The molecule has 0 radical (unpaired) electrons. The van der Waals surface area contributed by atoms with Crippen LogP contribution in [0, 0.1) is 0 Å². The number of rotatable bonds is 5. The molecule has 0 atom stereocenters. The molecule has 1 aromatic heterocycles. The number of aromatic nitrogens is 1. The Morgan fingerprint density at radius 1 is 1.30 bits per heavy atom. The summed E-state index contributed by atoms with van der Waals surface area (Å²) in [5.41, 5.74) is 8.18. The molecule has 0 aliphatic heterocycles. The second-order valence-electron chi connectivity index (χ2n) is 4.45. The maximum absolute atomic E-state index is 5.95. The predicted molar refractivity (Wildman–Crippen MR) is 88.0 cm³/mol. The minimum Gasteiger partial charge on any atom is -0.352 e. The number of nitrogens with zero attached hydrogens (tertiary/aromatic N) is 2. The zero-order chi connectivity index (χ0) is 14.5. The Hall–Kier alpha value is -1.10. The molecule has 106 valence electrons. The van der Waals surface area contributed by atoms with E-state index in [4.69, 9.17) is 17.3 Å². The van der Waals surface area contributed by atoms with Crippen LogP contribution in [-0.4, -0.2) is 11.5 Å². The fourth-order valence-electron chi connectivity index (χ4n) is 2.09. The van der Waals surface area contributed by atoms with E-state index in [0.717, 1.165) is 28.9 Å². The lowest BCUT2D eigenvalue weighted by atomic mass is 10.1. The highest BCUT2D eigenvalue weighted by molar-refractivity contribution is 9.10. The Morgan fingerprint density at radius 2 is 2.00 bits per heavy atom. The van der Waals surface area contributed by atoms with Crippen LogP contribution in [0.15, 0.2) is 41.0 Å². The average molecular weight is 355 g/mol. The summed E-state index contributed by atoms with van der Waals surface area (Å²) in [6.45, 7) is 4.28. The van der Waals surface area contributed by atoms with E-state index in [0.29, 0.717) is 11.6 Å². The first kappa shape index (κ1) is 15.3. The van der Waals surface area contributed by atoms with Crippen molar-refractivity contribution in [3.8, 4) is 0 Å². The Kier molecular flexibility index (Phi) is 5.40. The number of nitrogens with two attached hydrogens (primary N) is 1. The minimum atomic E-state index is 0.545. The first-order chi connectivity index (χ1) is 9.65. The highest BCUT2D eigenvalue weighted by Gasteiger charge is 2.12. The third-order valence-electron chi connectivity index (χ3n) is 3.17. The quantitative estimate of drug-likeness (QED) is 0.883. The smallest absolute Gasteiger partial charge is 0.143 e. The molecule has 2 rings (SSSR count). The second-order valence-corrected chi connectivity index (χ2v) is 5.74. The third kappa shape index (κ3) is 3.51. The summed E-state index contributed by atoms with van der Waals surface area (Å²) in [7, 11) is 0. The fraction of sp³-hybridized carbons (Fsp3) is 0.267. The highest BCUT2D eigenvalue weighted by Crippen LogP contribution is 2.27. The first-order valence-electron chi connectivity index (χ1n) is 6.48. The minimum absolute atomic E-state index is 0.545. The van der Waals surface area contributed by atoms with Gasteiger partial charge in [-0.15, -0.1) is 0 Å². The maximum Gasteiger partial charge on any atom is 0.143 e. The van der Waals surface area contributed by atoms with Gasteiger partial charge >= 0.3 is 0 Å². The standard InChI is InChI=1S/C15H17BrClN3/c1-2-20(15-14(16)7-13(17)9-19-15)10-12-6-4-3-5-11(12)8-18/h3-7,9H,2,8,10,18H2,1H3. The highest BCUT2D eigenvalue weighted by atomic mass is 79.9. The molecule has 0 unspecified atom stereocenters. The third-order valence-corrected chi connectivity index (χ3v) is 3.96. The normalized spacial score (nSPS) is 10.6. The molecule has 2 aromatic rings. The molecule has 20 heavy (non-hydrogen) atoms. The number of halogens is 2. The van der Waals surface area contributed by atoms with E-state index in [2.05, 4.69) is 44.9 Å². The Balaban J connectivity index is 2.29. The summed E-state index contributed by atoms with van der Waals surface area (Å²) in [5.74, 6) is 0.892. The number of benzene rings is 1. The molecule has 0 fully saturated rings. The molecule has 3 nitrogen and oxygen atoms in total. The van der Waals surface area contributed by atoms with Crippen molar-refractivity contribution in [2.45, 2.75) is 20.0 Å². The molecule has 0 saturated carbocycles. The first-order valence-corrected chi connectivity index (χ1v) is 7.65. The van der Waals surface area contributed by atoms with Crippen molar-refractivity contribution in [1.82, 2.24) is 4.98 Å². The number of hydrogen-bond acceptors (Lipinski definition) is 3. The summed E-state index contributed by atoms with van der Waals surface area (Å²) in [5, 5.41) is 0.624. The Morgan fingerprint density at radius 3 is 2.60 bits per heavy atom. The van der Waals surface area contributed by atoms with Gasteiger partial charge in [0.2, 0.25) is 0 Å². The van der Waals surface area contributed by atoms with Crippen LogP contribution >= 0.6 is 27.5 Å². The van der Waals surface area contributed by atoms with Crippen LogP contribution in [0.3, 0.4) is 0 Å². The number of pyridine rings is 1. The van der Waals surface area contributed by atoms with Gasteiger partial charge in [0.1, 0.15) is 5.82 Å². The molecular weight excluding hydrogens is 338 g/mol. The van der Waals surface area contributed by atoms with Crippen LogP contribution in [0.1, 0.15) is 18.1 Å². The van der Waals surface area contributed by atoms with Crippen LogP contribution in [0.4, 0.5) is 5.82 Å². The molecule has 0 bridgehead atoms. The van der Waals surface area contributed by atoms with Crippen molar-refractivity contribution in [1.29, 1.82) is 0 Å². The molecular formula is C15H17BrClN3. The monoisotopic (exact) mass is 353 g/mol. The molecule has 0 spiro atoms. The summed E-state index contributed by atoms with van der Waals surface area (Å²) in [6.07, 6.45) is 1.67. The predicted octanol–water partition coefficient (Wildman–Crippen LogP) is 3.98. The van der Waals surface area contributed by atoms with Crippen molar-refractivity contribution in [3.63, 3.8) is 0 Å². The van der Waals surface area contributed by atoms with Gasteiger partial charge in [-0.1, -0.05) is 35.9 Å². The van der Waals surface area contributed by atoms with Crippen molar-refractivity contribution < 1.29 is 0 Å².